The van der Waals surface area contributed by atoms with Crippen molar-refractivity contribution < 1.29 is 14.0 Å². The van der Waals surface area contributed by atoms with Gasteiger partial charge in [0.1, 0.15) is 5.82 Å². The van der Waals surface area contributed by atoms with Gasteiger partial charge in [-0.15, -0.1) is 11.8 Å². The van der Waals surface area contributed by atoms with Gasteiger partial charge in [-0.05, 0) is 36.6 Å². The Kier molecular flexibility index (Phi) is 5.15. The molecule has 29 heavy (non-hydrogen) atoms. The summed E-state index contributed by atoms with van der Waals surface area (Å²) in [6.45, 7) is 6.86. The van der Waals surface area contributed by atoms with E-state index in [4.69, 9.17) is 0 Å². The van der Waals surface area contributed by atoms with E-state index in [-0.39, 0.29) is 30.1 Å². The van der Waals surface area contributed by atoms with Crippen molar-refractivity contribution in [3.8, 4) is 0 Å². The molecule has 0 aromatic heterocycles. The summed E-state index contributed by atoms with van der Waals surface area (Å²) < 4.78 is 13.7. The summed E-state index contributed by atoms with van der Waals surface area (Å²) in [4.78, 5) is 29.3. The number of carbonyl (C=O) groups excluding carboxylic acids is 2. The first-order valence-electron chi connectivity index (χ1n) is 9.95. The first-order valence-corrected chi connectivity index (χ1v) is 10.9. The zero-order valence-electron chi connectivity index (χ0n) is 16.9. The van der Waals surface area contributed by atoms with Crippen molar-refractivity contribution in [3.05, 3.63) is 65.0 Å². The third kappa shape index (κ3) is 3.33. The fourth-order valence-corrected chi connectivity index (χ4v) is 5.69. The zero-order valence-corrected chi connectivity index (χ0v) is 17.8. The van der Waals surface area contributed by atoms with Crippen molar-refractivity contribution in [2.45, 2.75) is 38.6 Å². The molecule has 4 rings (SSSR count). The monoisotopic (exact) mass is 412 g/mol. The molecule has 0 aliphatic carbocycles. The third-order valence-electron chi connectivity index (χ3n) is 5.46. The summed E-state index contributed by atoms with van der Waals surface area (Å²) in [5, 5.41) is 0. The first-order chi connectivity index (χ1) is 13.8. The van der Waals surface area contributed by atoms with E-state index in [1.54, 1.807) is 15.9 Å². The van der Waals surface area contributed by atoms with E-state index >= 15 is 0 Å². The number of hydrogen-bond acceptors (Lipinski definition) is 3. The van der Waals surface area contributed by atoms with Gasteiger partial charge >= 0.3 is 0 Å². The molecule has 152 valence electrons. The summed E-state index contributed by atoms with van der Waals surface area (Å²) in [5.41, 5.74) is 3.46. The largest absolute Gasteiger partial charge is 0.315 e. The Morgan fingerprint density at radius 3 is 2.76 bits per heavy atom. The van der Waals surface area contributed by atoms with Gasteiger partial charge in [0.25, 0.3) is 5.91 Å². The second kappa shape index (κ2) is 7.48. The predicted molar refractivity (Wildman–Crippen MR) is 114 cm³/mol. The molecule has 0 bridgehead atoms. The second-order valence-corrected chi connectivity index (χ2v) is 9.47. The predicted octanol–water partition coefficient (Wildman–Crippen LogP) is 4.46. The Morgan fingerprint density at radius 1 is 1.24 bits per heavy atom. The molecule has 1 spiro atoms. The van der Waals surface area contributed by atoms with Crippen molar-refractivity contribution >= 4 is 29.3 Å². The van der Waals surface area contributed by atoms with Crippen LogP contribution in [0.4, 0.5) is 10.1 Å². The number of halogens is 1. The Hall–Kier alpha value is -2.34. The molecule has 2 aromatic rings. The Morgan fingerprint density at radius 2 is 2.03 bits per heavy atom. The minimum atomic E-state index is -1.01. The van der Waals surface area contributed by atoms with Gasteiger partial charge in [-0.1, -0.05) is 43.7 Å². The standard InChI is InChI=1S/C23H25FN2O2S/c1-15(2)11-21(27)26-9-10-29-23(26)19-12-16(3)7-8-20(19)25(22(23)28)14-17-5-4-6-18(24)13-17/h4-8,12-13,15H,9-11,14H2,1-3H3/t23-/m1/s1. The highest BCUT2D eigenvalue weighted by Crippen LogP contribution is 2.54. The second-order valence-electron chi connectivity index (χ2n) is 8.18. The molecular weight excluding hydrogens is 387 g/mol. The number of thioether (sulfide) groups is 1. The molecule has 0 saturated carbocycles. The Balaban J connectivity index is 1.78. The number of carbonyl (C=O) groups is 2. The van der Waals surface area contributed by atoms with Crippen LogP contribution in [-0.2, 0) is 21.0 Å². The van der Waals surface area contributed by atoms with Gasteiger partial charge in [0.05, 0.1) is 12.2 Å². The molecule has 0 radical (unpaired) electrons. The van der Waals surface area contributed by atoms with Crippen molar-refractivity contribution in [3.63, 3.8) is 0 Å². The number of anilines is 1. The van der Waals surface area contributed by atoms with E-state index in [1.807, 2.05) is 45.0 Å². The molecule has 2 aromatic carbocycles. The molecule has 1 fully saturated rings. The molecular formula is C23H25FN2O2S. The quantitative estimate of drug-likeness (QED) is 0.745. The fourth-order valence-electron chi connectivity index (χ4n) is 4.22. The Bertz CT molecular complexity index is 977. The fraction of sp³-hybridized carbons (Fsp3) is 0.391. The first kappa shape index (κ1) is 20.0. The lowest BCUT2D eigenvalue weighted by molar-refractivity contribution is -0.140. The van der Waals surface area contributed by atoms with Gasteiger partial charge in [0.2, 0.25) is 5.91 Å². The topological polar surface area (TPSA) is 40.6 Å². The van der Waals surface area contributed by atoms with Gasteiger partial charge < -0.3 is 9.80 Å². The highest BCUT2D eigenvalue weighted by atomic mass is 32.2. The minimum Gasteiger partial charge on any atom is -0.315 e. The number of benzene rings is 2. The number of amides is 2. The molecule has 2 aliphatic heterocycles. The molecule has 6 heteroatoms. The lowest BCUT2D eigenvalue weighted by Crippen LogP contribution is -2.50. The summed E-state index contributed by atoms with van der Waals surface area (Å²) in [5.74, 6) is 0.524. The number of fused-ring (bicyclic) bond motifs is 2. The maximum atomic E-state index is 13.8. The van der Waals surface area contributed by atoms with Gasteiger partial charge in [-0.25, -0.2) is 4.39 Å². The van der Waals surface area contributed by atoms with E-state index < -0.39 is 4.87 Å². The number of hydrogen-bond donors (Lipinski definition) is 0. The van der Waals surface area contributed by atoms with Crippen LogP contribution in [0, 0.1) is 18.7 Å². The van der Waals surface area contributed by atoms with Gasteiger partial charge in [0.15, 0.2) is 4.87 Å². The molecule has 1 saturated heterocycles. The number of aryl methyl sites for hydroxylation is 1. The van der Waals surface area contributed by atoms with Crippen LogP contribution in [0.5, 0.6) is 0 Å². The average Bonchev–Trinajstić information content (AvgIpc) is 3.19. The molecule has 4 nitrogen and oxygen atoms in total. The molecule has 2 amide bonds. The lowest BCUT2D eigenvalue weighted by atomic mass is 10.0. The van der Waals surface area contributed by atoms with Crippen LogP contribution in [0.25, 0.3) is 0 Å². The summed E-state index contributed by atoms with van der Waals surface area (Å²) in [6.07, 6.45) is 0.417. The highest BCUT2D eigenvalue weighted by Gasteiger charge is 2.59. The maximum Gasteiger partial charge on any atom is 0.268 e. The van der Waals surface area contributed by atoms with E-state index in [9.17, 15) is 14.0 Å². The molecule has 0 unspecified atom stereocenters. The van der Waals surface area contributed by atoms with E-state index in [0.717, 1.165) is 28.1 Å². The van der Waals surface area contributed by atoms with Crippen LogP contribution >= 0.6 is 11.8 Å². The summed E-state index contributed by atoms with van der Waals surface area (Å²) in [7, 11) is 0. The minimum absolute atomic E-state index is 0.0124. The number of rotatable bonds is 4. The van der Waals surface area contributed by atoms with Crippen LogP contribution in [0.1, 0.15) is 37.0 Å². The van der Waals surface area contributed by atoms with E-state index in [2.05, 4.69) is 0 Å². The zero-order chi connectivity index (χ0) is 20.8. The number of nitrogens with zero attached hydrogens (tertiary/aromatic N) is 2. The summed E-state index contributed by atoms with van der Waals surface area (Å²) in [6, 6.07) is 12.3. The van der Waals surface area contributed by atoms with Crippen LogP contribution in [0.2, 0.25) is 0 Å². The maximum absolute atomic E-state index is 13.8. The third-order valence-corrected chi connectivity index (χ3v) is 6.88. The smallest absolute Gasteiger partial charge is 0.268 e. The Labute approximate surface area is 175 Å². The van der Waals surface area contributed by atoms with Gasteiger partial charge in [-0.3, -0.25) is 9.59 Å². The highest BCUT2D eigenvalue weighted by molar-refractivity contribution is 8.01. The molecule has 0 N–H and O–H groups in total. The van der Waals surface area contributed by atoms with Gasteiger partial charge in [-0.2, -0.15) is 0 Å². The molecule has 1 atom stereocenters. The lowest BCUT2D eigenvalue weighted by Gasteiger charge is -2.33. The van der Waals surface area contributed by atoms with Crippen LogP contribution in [0.3, 0.4) is 0 Å². The molecule has 2 heterocycles. The average molecular weight is 413 g/mol. The summed E-state index contributed by atoms with van der Waals surface area (Å²) >= 11 is 1.53. The van der Waals surface area contributed by atoms with Crippen molar-refractivity contribution in [1.29, 1.82) is 0 Å². The van der Waals surface area contributed by atoms with Crippen LogP contribution in [0.15, 0.2) is 42.5 Å². The van der Waals surface area contributed by atoms with Crippen molar-refractivity contribution in [2.75, 3.05) is 17.2 Å². The van der Waals surface area contributed by atoms with Gasteiger partial charge in [0, 0.05) is 24.3 Å². The van der Waals surface area contributed by atoms with E-state index in [0.29, 0.717) is 13.0 Å². The van der Waals surface area contributed by atoms with Crippen LogP contribution < -0.4 is 4.90 Å². The van der Waals surface area contributed by atoms with Crippen molar-refractivity contribution in [2.24, 2.45) is 5.92 Å². The van der Waals surface area contributed by atoms with Crippen LogP contribution in [-0.4, -0.2) is 29.0 Å². The SMILES string of the molecule is Cc1ccc2c(c1)[C@@]1(SCCN1C(=O)CC(C)C)C(=O)N2Cc1cccc(F)c1. The van der Waals surface area contributed by atoms with E-state index in [1.165, 1.54) is 23.9 Å². The normalized spacial score (nSPS) is 20.8. The van der Waals surface area contributed by atoms with Crippen molar-refractivity contribution in [1.82, 2.24) is 4.90 Å². The molecule has 2 aliphatic rings.